The van der Waals surface area contributed by atoms with Crippen LogP contribution in [-0.4, -0.2) is 22.4 Å². The monoisotopic (exact) mass is 290 g/mol. The van der Waals surface area contributed by atoms with E-state index in [0.717, 1.165) is 18.3 Å². The van der Waals surface area contributed by atoms with Crippen molar-refractivity contribution in [3.63, 3.8) is 0 Å². The van der Waals surface area contributed by atoms with Crippen molar-refractivity contribution in [3.8, 4) is 0 Å². The number of fused-ring (bicyclic) bond motifs is 5. The maximum Gasteiger partial charge on any atom is 0.0658 e. The highest BCUT2D eigenvalue weighted by Crippen LogP contribution is 2.64. The van der Waals surface area contributed by atoms with E-state index in [1.807, 2.05) is 0 Å². The van der Waals surface area contributed by atoms with E-state index in [1.54, 1.807) is 0 Å². The molecule has 2 nitrogen and oxygen atoms in total. The summed E-state index contributed by atoms with van der Waals surface area (Å²) in [6.45, 7) is 4.81. The molecule has 4 aliphatic rings. The fourth-order valence-electron chi connectivity index (χ4n) is 6.69. The molecule has 21 heavy (non-hydrogen) atoms. The largest absolute Gasteiger partial charge is 0.393 e. The second kappa shape index (κ2) is 4.58. The maximum atomic E-state index is 10.8. The van der Waals surface area contributed by atoms with E-state index in [2.05, 4.69) is 19.9 Å². The van der Waals surface area contributed by atoms with Gasteiger partial charge in [0.1, 0.15) is 0 Å². The molecule has 0 aromatic carbocycles. The minimum atomic E-state index is -0.356. The molecule has 3 fully saturated rings. The van der Waals surface area contributed by atoms with Crippen molar-refractivity contribution in [3.05, 3.63) is 11.6 Å². The van der Waals surface area contributed by atoms with Crippen LogP contribution in [0.4, 0.5) is 0 Å². The van der Waals surface area contributed by atoms with Crippen molar-refractivity contribution in [2.75, 3.05) is 0 Å². The van der Waals surface area contributed by atoms with Crippen LogP contribution in [0.3, 0.4) is 0 Å². The van der Waals surface area contributed by atoms with Crippen molar-refractivity contribution in [2.45, 2.75) is 77.4 Å². The van der Waals surface area contributed by atoms with Crippen LogP contribution in [0.5, 0.6) is 0 Å². The molecular weight excluding hydrogens is 260 g/mol. The first-order chi connectivity index (χ1) is 9.95. The quantitative estimate of drug-likeness (QED) is 0.668. The highest BCUT2D eigenvalue weighted by Gasteiger charge is 2.58. The molecule has 118 valence electrons. The smallest absolute Gasteiger partial charge is 0.0658 e. The molecule has 0 heterocycles. The Hall–Kier alpha value is -0.340. The summed E-state index contributed by atoms with van der Waals surface area (Å²) in [5, 5.41) is 20.8. The van der Waals surface area contributed by atoms with Gasteiger partial charge in [0.25, 0.3) is 0 Å². The maximum absolute atomic E-state index is 10.8. The lowest BCUT2D eigenvalue weighted by molar-refractivity contribution is -0.0992. The van der Waals surface area contributed by atoms with Crippen molar-refractivity contribution in [1.82, 2.24) is 0 Å². The van der Waals surface area contributed by atoms with Crippen LogP contribution in [0.1, 0.15) is 65.2 Å². The van der Waals surface area contributed by atoms with Gasteiger partial charge in [0.15, 0.2) is 0 Å². The lowest BCUT2D eigenvalue weighted by atomic mass is 9.47. The van der Waals surface area contributed by atoms with Crippen LogP contribution in [-0.2, 0) is 0 Å². The lowest BCUT2D eigenvalue weighted by Crippen LogP contribution is -2.54. The first-order valence-corrected chi connectivity index (χ1v) is 9.01. The van der Waals surface area contributed by atoms with Crippen molar-refractivity contribution >= 4 is 0 Å². The minimum Gasteiger partial charge on any atom is -0.393 e. The Bertz CT molecular complexity index is 470. The molecular formula is C19H30O2. The van der Waals surface area contributed by atoms with Crippen molar-refractivity contribution < 1.29 is 10.2 Å². The van der Waals surface area contributed by atoms with Crippen LogP contribution in [0, 0.1) is 28.6 Å². The van der Waals surface area contributed by atoms with E-state index in [-0.39, 0.29) is 17.6 Å². The van der Waals surface area contributed by atoms with Gasteiger partial charge in [0.2, 0.25) is 0 Å². The summed E-state index contributed by atoms with van der Waals surface area (Å²) < 4.78 is 0. The molecule has 0 unspecified atom stereocenters. The van der Waals surface area contributed by atoms with E-state index in [9.17, 15) is 10.2 Å². The van der Waals surface area contributed by atoms with Gasteiger partial charge >= 0.3 is 0 Å². The third kappa shape index (κ3) is 1.84. The second-order valence-electron chi connectivity index (χ2n) is 8.82. The summed E-state index contributed by atoms with van der Waals surface area (Å²) >= 11 is 0. The number of aliphatic hydroxyl groups is 2. The predicted octanol–water partition coefficient (Wildman–Crippen LogP) is 3.67. The molecule has 4 aliphatic carbocycles. The van der Waals surface area contributed by atoms with Crippen LogP contribution in [0.15, 0.2) is 11.6 Å². The van der Waals surface area contributed by atoms with Crippen molar-refractivity contribution in [1.29, 1.82) is 0 Å². The lowest BCUT2D eigenvalue weighted by Gasteiger charge is -2.58. The molecule has 0 aliphatic heterocycles. The van der Waals surface area contributed by atoms with Gasteiger partial charge in [-0.3, -0.25) is 0 Å². The molecule has 0 bridgehead atoms. The van der Waals surface area contributed by atoms with Gasteiger partial charge in [0.05, 0.1) is 12.2 Å². The number of rotatable bonds is 0. The Morgan fingerprint density at radius 1 is 1.10 bits per heavy atom. The number of aliphatic hydroxyl groups excluding tert-OH is 2. The average molecular weight is 290 g/mol. The summed E-state index contributed by atoms with van der Waals surface area (Å²) in [7, 11) is 0. The van der Waals surface area contributed by atoms with Crippen LogP contribution in [0.25, 0.3) is 0 Å². The standard InChI is InChI=1S/C19H30O2/c1-18-8-3-4-15(18)14-6-5-12-10-13(20)11-17(21)19(12,2)16(14)7-9-18/h5,13-17,20-21H,3-4,6-11H2,1-2H3/t13-,14+,15+,16+,17-,18+,19+/m1/s1. The molecule has 7 atom stereocenters. The summed E-state index contributed by atoms with van der Waals surface area (Å²) in [5.41, 5.74) is 1.87. The topological polar surface area (TPSA) is 40.5 Å². The van der Waals surface area contributed by atoms with Gasteiger partial charge in [0, 0.05) is 11.8 Å². The molecule has 0 radical (unpaired) electrons. The van der Waals surface area contributed by atoms with E-state index in [1.165, 1.54) is 44.1 Å². The van der Waals surface area contributed by atoms with Crippen molar-refractivity contribution in [2.24, 2.45) is 28.6 Å². The Morgan fingerprint density at radius 2 is 1.90 bits per heavy atom. The zero-order valence-corrected chi connectivity index (χ0v) is 13.5. The predicted molar refractivity (Wildman–Crippen MR) is 83.7 cm³/mol. The molecule has 0 saturated heterocycles. The highest BCUT2D eigenvalue weighted by atomic mass is 16.3. The van der Waals surface area contributed by atoms with Crippen LogP contribution in [0.2, 0.25) is 0 Å². The summed E-state index contributed by atoms with van der Waals surface area (Å²) in [6, 6.07) is 0. The van der Waals surface area contributed by atoms with Gasteiger partial charge in [-0.15, -0.1) is 0 Å². The van der Waals surface area contributed by atoms with Crippen LogP contribution >= 0.6 is 0 Å². The zero-order valence-electron chi connectivity index (χ0n) is 13.5. The van der Waals surface area contributed by atoms with Gasteiger partial charge in [-0.25, -0.2) is 0 Å². The number of hydrogen-bond acceptors (Lipinski definition) is 2. The fourth-order valence-corrected chi connectivity index (χ4v) is 6.69. The first-order valence-electron chi connectivity index (χ1n) is 9.01. The SMILES string of the molecule is C[C@@]12CCC[C@H]1[C@@H]1CC=C3C[C@@H](O)C[C@@H](O)[C@]3(C)[C@H]1CC2. The molecule has 2 heteroatoms. The molecule has 2 N–H and O–H groups in total. The molecule has 0 aromatic heterocycles. The summed E-state index contributed by atoms with van der Waals surface area (Å²) in [6.07, 6.45) is 11.1. The Kier molecular flexibility index (Phi) is 3.11. The zero-order chi connectivity index (χ0) is 14.8. The molecule has 3 saturated carbocycles. The van der Waals surface area contributed by atoms with E-state index in [4.69, 9.17) is 0 Å². The van der Waals surface area contributed by atoms with E-state index in [0.29, 0.717) is 17.8 Å². The molecule has 0 spiro atoms. The third-order valence-corrected chi connectivity index (χ3v) is 7.96. The second-order valence-corrected chi connectivity index (χ2v) is 8.82. The molecule has 0 aromatic rings. The van der Waals surface area contributed by atoms with Gasteiger partial charge < -0.3 is 10.2 Å². The molecule has 0 amide bonds. The third-order valence-electron chi connectivity index (χ3n) is 7.96. The number of hydrogen-bond donors (Lipinski definition) is 2. The first kappa shape index (κ1) is 14.3. The van der Waals surface area contributed by atoms with Gasteiger partial charge in [-0.1, -0.05) is 31.9 Å². The Balaban J connectivity index is 1.71. The highest BCUT2D eigenvalue weighted by molar-refractivity contribution is 5.27. The average Bonchev–Trinajstić information content (AvgIpc) is 2.82. The van der Waals surface area contributed by atoms with Crippen LogP contribution < -0.4 is 0 Å². The summed E-state index contributed by atoms with van der Waals surface area (Å²) in [4.78, 5) is 0. The molecule has 4 rings (SSSR count). The van der Waals surface area contributed by atoms with Gasteiger partial charge in [-0.05, 0) is 61.7 Å². The normalized spacial score (nSPS) is 56.2. The van der Waals surface area contributed by atoms with E-state index >= 15 is 0 Å². The fraction of sp³-hybridized carbons (Fsp3) is 0.895. The van der Waals surface area contributed by atoms with E-state index < -0.39 is 0 Å². The Morgan fingerprint density at radius 3 is 2.71 bits per heavy atom. The Labute approximate surface area is 128 Å². The number of allylic oxidation sites excluding steroid dienone is 1. The van der Waals surface area contributed by atoms with Gasteiger partial charge in [-0.2, -0.15) is 0 Å². The summed E-state index contributed by atoms with van der Waals surface area (Å²) in [5.74, 6) is 2.27. The minimum absolute atomic E-state index is 0.0634.